The van der Waals surface area contributed by atoms with Crippen molar-refractivity contribution in [1.82, 2.24) is 14.1 Å². The number of hydrogen-bond acceptors (Lipinski definition) is 11. The van der Waals surface area contributed by atoms with Crippen LogP contribution >= 0.6 is 58.8 Å². The Hall–Kier alpha value is -6.34. The summed E-state index contributed by atoms with van der Waals surface area (Å²) in [5, 5.41) is 43.2. The van der Waals surface area contributed by atoms with Gasteiger partial charge in [0.05, 0.1) is 33.7 Å². The van der Waals surface area contributed by atoms with E-state index in [9.17, 15) is 24.7 Å². The van der Waals surface area contributed by atoms with Crippen molar-refractivity contribution in [2.24, 2.45) is 16.0 Å². The van der Waals surface area contributed by atoms with E-state index >= 15 is 0 Å². The van der Waals surface area contributed by atoms with Crippen LogP contribution in [0.4, 0.5) is 0 Å². The minimum Gasteiger partial charge on any atom is -0.477 e. The number of carbonyl (C=O) groups is 2. The summed E-state index contributed by atoms with van der Waals surface area (Å²) >= 11 is 24.7. The molecule has 82 heavy (non-hydrogen) atoms. The molecular weight excluding hydrogens is 1150 g/mol. The second-order valence-corrected chi connectivity index (χ2v) is 23.6. The van der Waals surface area contributed by atoms with Gasteiger partial charge in [0.2, 0.25) is 0 Å². The average molecular weight is 1210 g/mol. The molecule has 0 aliphatic carbocycles. The monoisotopic (exact) mass is 1200 g/mol. The smallest absolute Gasteiger partial charge is 0.477 e. The maximum atomic E-state index is 13.2. The van der Waals surface area contributed by atoms with Crippen LogP contribution in [0.1, 0.15) is 120 Å². The molecule has 8 heterocycles. The Labute approximate surface area is 501 Å². The number of benzene rings is 4. The number of carboxylic acids is 1. The van der Waals surface area contributed by atoms with Crippen molar-refractivity contribution in [3.63, 3.8) is 0 Å². The van der Waals surface area contributed by atoms with Crippen LogP contribution in [-0.2, 0) is 54.2 Å². The van der Waals surface area contributed by atoms with E-state index in [0.717, 1.165) is 84.3 Å². The first-order valence-electron chi connectivity index (χ1n) is 26.3. The van der Waals surface area contributed by atoms with Crippen LogP contribution in [0.25, 0.3) is 11.0 Å². The van der Waals surface area contributed by atoms with Gasteiger partial charge in [0, 0.05) is 74.1 Å². The summed E-state index contributed by atoms with van der Waals surface area (Å²) in [7, 11) is -1.73. The van der Waals surface area contributed by atoms with Crippen LogP contribution in [0.3, 0.4) is 0 Å². The van der Waals surface area contributed by atoms with Crippen LogP contribution in [0.5, 0.6) is 0 Å². The summed E-state index contributed by atoms with van der Waals surface area (Å²) < 4.78 is 14.6. The van der Waals surface area contributed by atoms with Crippen molar-refractivity contribution in [3.05, 3.63) is 210 Å². The van der Waals surface area contributed by atoms with E-state index in [1.54, 1.807) is 47.0 Å². The number of aromatic carboxylic acids is 1. The van der Waals surface area contributed by atoms with Crippen molar-refractivity contribution >= 4 is 118 Å². The van der Waals surface area contributed by atoms with Gasteiger partial charge < -0.3 is 54.0 Å². The van der Waals surface area contributed by atoms with Gasteiger partial charge >= 0.3 is 20.2 Å². The highest BCUT2D eigenvalue weighted by Crippen LogP contribution is 2.41. The van der Waals surface area contributed by atoms with Gasteiger partial charge in [0.15, 0.2) is 11.2 Å². The maximum Gasteiger partial charge on any atom is 0.492 e. The highest BCUT2D eigenvalue weighted by atomic mass is 35.5. The number of oxime groups is 2. The van der Waals surface area contributed by atoms with E-state index in [1.165, 1.54) is 0 Å². The Morgan fingerprint density at radius 3 is 1.48 bits per heavy atom. The van der Waals surface area contributed by atoms with E-state index in [4.69, 9.17) is 71.1 Å². The van der Waals surface area contributed by atoms with Crippen LogP contribution in [0.2, 0.25) is 20.1 Å². The first-order chi connectivity index (χ1) is 38.5. The van der Waals surface area contributed by atoms with Gasteiger partial charge in [-0.25, -0.2) is 4.79 Å². The molecule has 2 unspecified atom stereocenters. The zero-order chi connectivity index (χ0) is 57.8. The van der Waals surface area contributed by atoms with Crippen molar-refractivity contribution in [3.8, 4) is 0 Å². The molecule has 6 N–H and O–H groups in total. The zero-order valence-electron chi connectivity index (χ0n) is 45.7. The molecular formula is C60H59B2Cl5N6O9. The highest BCUT2D eigenvalue weighted by Gasteiger charge is 2.43. The number of carbonyl (C=O) groups excluding carboxylic acids is 1. The standard InChI is InChI=1S/C30H28BCl2N3O4.C19H14Cl2N2O3.C11H16BNO2.ClH/c1-29(2)23-8-6-18(13-24(23)31(38)39-29)10-11-34-28(37)27-9-7-22(26-5-4-12-36(26)27)25-17-30(3,40-35-25)19-14-20(32)16-21(33)15-19;1-19(11-7-12(20)9-13(21)8-11)10-15(22-26-19)14-4-5-17(18(24)25)23-6-2-3-16(14)23;1-11(2)9-4-3-8(5-6-13)7-10(9)12(14)15-11;/h4-9,12-16,38H,10-11,17H2,1-3H3,(H,34,37);2-9H,10H2,1H3,(H,24,25);3-4,7,14H,5-6,13H2,1-2H3;1H. The molecule has 12 rings (SSSR count). The van der Waals surface area contributed by atoms with Crippen molar-refractivity contribution < 1.29 is 43.7 Å². The van der Waals surface area contributed by atoms with Crippen LogP contribution < -0.4 is 22.0 Å². The maximum absolute atomic E-state index is 13.2. The lowest BCUT2D eigenvalue weighted by molar-refractivity contribution is -0.00755. The minimum atomic E-state index is -0.985. The third kappa shape index (κ3) is 12.2. The summed E-state index contributed by atoms with van der Waals surface area (Å²) in [5.41, 5.74) is 16.3. The van der Waals surface area contributed by atoms with E-state index in [1.807, 2.05) is 131 Å². The van der Waals surface area contributed by atoms with Gasteiger partial charge in [0.1, 0.15) is 11.4 Å². The quantitative estimate of drug-likeness (QED) is 0.0776. The molecule has 0 saturated heterocycles. The number of amides is 1. The number of nitrogens with zero attached hydrogens (tertiary/aromatic N) is 4. The van der Waals surface area contributed by atoms with E-state index in [-0.39, 0.29) is 24.0 Å². The number of rotatable bonds is 11. The molecule has 0 fully saturated rings. The van der Waals surface area contributed by atoms with Gasteiger partial charge in [-0.2, -0.15) is 0 Å². The Morgan fingerprint density at radius 2 is 1.04 bits per heavy atom. The first kappa shape index (κ1) is 60.3. The van der Waals surface area contributed by atoms with Gasteiger partial charge in [-0.1, -0.05) is 93.1 Å². The fraction of sp³-hybridized carbons (Fsp3) is 0.267. The molecule has 0 bridgehead atoms. The van der Waals surface area contributed by atoms with Crippen LogP contribution in [-0.4, -0.2) is 74.6 Å². The number of nitrogens with one attached hydrogen (secondary N) is 1. The van der Waals surface area contributed by atoms with Crippen LogP contribution in [0, 0.1) is 0 Å². The summed E-state index contributed by atoms with van der Waals surface area (Å²) in [6.45, 7) is 12.8. The number of pyridine rings is 2. The van der Waals surface area contributed by atoms with Gasteiger partial charge in [0.25, 0.3) is 5.91 Å². The molecule has 4 aromatic carbocycles. The van der Waals surface area contributed by atoms with E-state index < -0.39 is 42.6 Å². The normalized spacial score (nSPS) is 18.9. The number of nitrogens with two attached hydrogens (primary N) is 1. The van der Waals surface area contributed by atoms with Crippen molar-refractivity contribution in [2.75, 3.05) is 13.1 Å². The fourth-order valence-electron chi connectivity index (χ4n) is 11.0. The molecule has 4 aliphatic rings. The third-order valence-electron chi connectivity index (χ3n) is 15.1. The van der Waals surface area contributed by atoms with Crippen LogP contribution in [0.15, 0.2) is 144 Å². The second kappa shape index (κ2) is 23.7. The highest BCUT2D eigenvalue weighted by molar-refractivity contribution is 6.62. The number of halogens is 5. The molecule has 0 saturated carbocycles. The molecule has 0 radical (unpaired) electrons. The molecule has 424 valence electrons. The lowest BCUT2D eigenvalue weighted by Crippen LogP contribution is -2.30. The SMILES string of the molecule is CC1(C)OB(O)c2cc(CCN)ccc21.CC1(C)OB(O)c2cc(CCNC(=O)c3ccc(C4=NOC(C)(c5cc(Cl)cc(Cl)c5)C4)c4cccn34)ccc21.CC1(c2cc(Cl)cc(Cl)c2)CC(c2ccc(C(=O)O)n3cccc23)=NO1.Cl. The largest absolute Gasteiger partial charge is 0.492 e. The molecule has 1 amide bonds. The molecule has 0 spiro atoms. The number of hydrogen-bond donors (Lipinski definition) is 5. The van der Waals surface area contributed by atoms with E-state index in [0.29, 0.717) is 58.1 Å². The zero-order valence-corrected chi connectivity index (χ0v) is 49.5. The average Bonchev–Trinajstić information content (AvgIpc) is 4.50. The first-order valence-corrected chi connectivity index (χ1v) is 27.8. The summed E-state index contributed by atoms with van der Waals surface area (Å²) in [6.07, 6.45) is 6.07. The molecule has 4 aliphatic heterocycles. The number of aromatic nitrogens is 2. The molecule has 2 atom stereocenters. The topological polar surface area (TPSA) is 203 Å². The van der Waals surface area contributed by atoms with Gasteiger partial charge in [-0.05, 0) is 179 Å². The molecule has 22 heteroatoms. The third-order valence-corrected chi connectivity index (χ3v) is 16.0. The van der Waals surface area contributed by atoms with Gasteiger partial charge in [-0.3, -0.25) is 4.79 Å². The Balaban J connectivity index is 0.000000165. The van der Waals surface area contributed by atoms with E-state index in [2.05, 4.69) is 21.7 Å². The summed E-state index contributed by atoms with van der Waals surface area (Å²) in [5.74, 6) is -1.16. The number of carboxylic acid groups (broad SMARTS) is 1. The molecule has 8 aromatic rings. The van der Waals surface area contributed by atoms with Gasteiger partial charge in [-0.15, -0.1) is 12.4 Å². The Kier molecular flexibility index (Phi) is 17.4. The Bertz CT molecular complexity index is 3810. The lowest BCUT2D eigenvalue weighted by Gasteiger charge is -2.22. The minimum absolute atomic E-state index is 0. The second-order valence-electron chi connectivity index (χ2n) is 21.8. The summed E-state index contributed by atoms with van der Waals surface area (Å²) in [6, 6.07) is 37.2. The molecule has 4 aromatic heterocycles. The lowest BCUT2D eigenvalue weighted by atomic mass is 9.77. The fourth-order valence-corrected chi connectivity index (χ4v) is 12.0. The van der Waals surface area contributed by atoms with Crippen molar-refractivity contribution in [2.45, 2.75) is 89.6 Å². The Morgan fingerprint density at radius 1 is 0.610 bits per heavy atom. The number of fused-ring (bicyclic) bond motifs is 4. The summed E-state index contributed by atoms with van der Waals surface area (Å²) in [4.78, 5) is 36.2. The molecule has 15 nitrogen and oxygen atoms in total. The predicted molar refractivity (Wildman–Crippen MR) is 326 cm³/mol. The predicted octanol–water partition coefficient (Wildman–Crippen LogP) is 10.8. The van der Waals surface area contributed by atoms with Crippen molar-refractivity contribution in [1.29, 1.82) is 0 Å².